The monoisotopic (exact) mass is 303 g/mol. The van der Waals surface area contributed by atoms with Gasteiger partial charge in [-0.05, 0) is 37.1 Å². The van der Waals surface area contributed by atoms with Crippen molar-refractivity contribution in [3.05, 3.63) is 30.2 Å². The smallest absolute Gasteiger partial charge is 0.247 e. The Hall–Kier alpha value is -1.92. The van der Waals surface area contributed by atoms with Crippen LogP contribution in [0, 0.1) is 0 Å². The number of hydrogen-bond acceptors (Lipinski definition) is 6. The average molecular weight is 303 g/mol. The van der Waals surface area contributed by atoms with Gasteiger partial charge in [0.25, 0.3) is 0 Å². The summed E-state index contributed by atoms with van der Waals surface area (Å²) in [7, 11) is 3.42. The van der Waals surface area contributed by atoms with Gasteiger partial charge in [-0.2, -0.15) is 0 Å². The van der Waals surface area contributed by atoms with Gasteiger partial charge in [0, 0.05) is 25.8 Å². The Morgan fingerprint density at radius 2 is 1.86 bits per heavy atom. The molecule has 1 aromatic carbocycles. The van der Waals surface area contributed by atoms with Gasteiger partial charge in [-0.1, -0.05) is 0 Å². The maximum atomic E-state index is 5.76. The van der Waals surface area contributed by atoms with Crippen LogP contribution in [0.15, 0.2) is 28.7 Å². The van der Waals surface area contributed by atoms with E-state index in [1.165, 1.54) is 0 Å². The number of nitrogens with zero attached hydrogens (tertiary/aromatic N) is 3. The van der Waals surface area contributed by atoms with Crippen LogP contribution in [-0.2, 0) is 11.3 Å². The molecule has 6 nitrogen and oxygen atoms in total. The van der Waals surface area contributed by atoms with Gasteiger partial charge in [-0.25, -0.2) is 0 Å². The fraction of sp³-hybridized carbons (Fsp3) is 0.500. The first-order chi connectivity index (χ1) is 10.8. The summed E-state index contributed by atoms with van der Waals surface area (Å²) in [6.07, 6.45) is 2.49. The Balaban J connectivity index is 1.61. The minimum absolute atomic E-state index is 0.383. The zero-order chi connectivity index (χ0) is 15.4. The van der Waals surface area contributed by atoms with Gasteiger partial charge in [0.05, 0.1) is 19.8 Å². The average Bonchev–Trinajstić information content (AvgIpc) is 3.04. The number of ether oxygens (including phenoxy) is 2. The molecule has 0 amide bonds. The second-order valence-corrected chi connectivity index (χ2v) is 5.44. The third-order valence-electron chi connectivity index (χ3n) is 4.03. The lowest BCUT2D eigenvalue weighted by Gasteiger charge is -2.29. The minimum Gasteiger partial charge on any atom is -0.497 e. The van der Waals surface area contributed by atoms with Gasteiger partial charge in [0.15, 0.2) is 0 Å². The van der Waals surface area contributed by atoms with Crippen molar-refractivity contribution in [2.24, 2.45) is 0 Å². The van der Waals surface area contributed by atoms with Crippen molar-refractivity contribution in [3.63, 3.8) is 0 Å². The lowest BCUT2D eigenvalue weighted by Crippen LogP contribution is -2.36. The molecule has 2 aromatic rings. The summed E-state index contributed by atoms with van der Waals surface area (Å²) in [6, 6.07) is 7.60. The number of hydrogen-bond donors (Lipinski definition) is 0. The van der Waals surface area contributed by atoms with Crippen LogP contribution in [0.2, 0.25) is 0 Å². The van der Waals surface area contributed by atoms with Crippen molar-refractivity contribution in [2.45, 2.75) is 25.5 Å². The maximum absolute atomic E-state index is 5.76. The molecule has 0 aliphatic carbocycles. The van der Waals surface area contributed by atoms with E-state index in [9.17, 15) is 0 Å². The van der Waals surface area contributed by atoms with Gasteiger partial charge >= 0.3 is 0 Å². The standard InChI is InChI=1S/C16H21N3O3/c1-20-13-5-3-12(4-6-13)16-18-17-15(22-16)11-19-9-7-14(21-2)8-10-19/h3-6,14H,7-11H2,1-2H3. The van der Waals surface area contributed by atoms with Crippen LogP contribution in [0.3, 0.4) is 0 Å². The second-order valence-electron chi connectivity index (χ2n) is 5.44. The van der Waals surface area contributed by atoms with Crippen molar-refractivity contribution in [3.8, 4) is 17.2 Å². The van der Waals surface area contributed by atoms with Crippen molar-refractivity contribution in [2.75, 3.05) is 27.3 Å². The van der Waals surface area contributed by atoms with Gasteiger partial charge in [0.1, 0.15) is 5.75 Å². The molecular weight excluding hydrogens is 282 g/mol. The van der Waals surface area contributed by atoms with Crippen LogP contribution in [0.5, 0.6) is 5.75 Å². The highest BCUT2D eigenvalue weighted by atomic mass is 16.5. The SMILES string of the molecule is COc1ccc(-c2nnc(CN3CCC(OC)CC3)o2)cc1. The van der Waals surface area contributed by atoms with Crippen molar-refractivity contribution in [1.82, 2.24) is 15.1 Å². The predicted molar refractivity (Wildman–Crippen MR) is 81.6 cm³/mol. The molecule has 0 bridgehead atoms. The van der Waals surface area contributed by atoms with E-state index in [0.717, 1.165) is 37.2 Å². The molecule has 0 N–H and O–H groups in total. The molecule has 22 heavy (non-hydrogen) atoms. The van der Waals surface area contributed by atoms with Crippen molar-refractivity contribution < 1.29 is 13.9 Å². The van der Waals surface area contributed by atoms with Crippen LogP contribution in [0.1, 0.15) is 18.7 Å². The Bertz CT molecular complexity index is 589. The minimum atomic E-state index is 0.383. The molecule has 0 radical (unpaired) electrons. The van der Waals surface area contributed by atoms with E-state index >= 15 is 0 Å². The lowest BCUT2D eigenvalue weighted by atomic mass is 10.1. The van der Waals surface area contributed by atoms with Gasteiger partial charge < -0.3 is 13.9 Å². The van der Waals surface area contributed by atoms with Gasteiger partial charge in [-0.3, -0.25) is 4.90 Å². The number of benzene rings is 1. The third kappa shape index (κ3) is 3.45. The molecule has 0 atom stereocenters. The summed E-state index contributed by atoms with van der Waals surface area (Å²) in [5.74, 6) is 2.01. The number of piperidine rings is 1. The van der Waals surface area contributed by atoms with Crippen molar-refractivity contribution >= 4 is 0 Å². The number of aromatic nitrogens is 2. The lowest BCUT2D eigenvalue weighted by molar-refractivity contribution is 0.0365. The number of rotatable bonds is 5. The second kappa shape index (κ2) is 6.89. The number of likely N-dealkylation sites (tertiary alicyclic amines) is 1. The van der Waals surface area contributed by atoms with Crippen molar-refractivity contribution in [1.29, 1.82) is 0 Å². The topological polar surface area (TPSA) is 60.6 Å². The highest BCUT2D eigenvalue weighted by molar-refractivity contribution is 5.53. The summed E-state index contributed by atoms with van der Waals surface area (Å²) < 4.78 is 16.3. The van der Waals surface area contributed by atoms with E-state index < -0.39 is 0 Å². The first-order valence-corrected chi connectivity index (χ1v) is 7.50. The van der Waals surface area contributed by atoms with E-state index in [4.69, 9.17) is 13.9 Å². The number of methoxy groups -OCH3 is 2. The zero-order valence-electron chi connectivity index (χ0n) is 13.0. The van der Waals surface area contributed by atoms with E-state index in [0.29, 0.717) is 24.4 Å². The summed E-state index contributed by atoms with van der Waals surface area (Å²) in [5.41, 5.74) is 0.901. The highest BCUT2D eigenvalue weighted by Crippen LogP contribution is 2.22. The van der Waals surface area contributed by atoms with Gasteiger partial charge in [0.2, 0.25) is 11.8 Å². The molecule has 0 saturated carbocycles. The van der Waals surface area contributed by atoms with Gasteiger partial charge in [-0.15, -0.1) is 10.2 Å². The van der Waals surface area contributed by atoms with Crippen LogP contribution in [-0.4, -0.2) is 48.5 Å². The summed E-state index contributed by atoms with van der Waals surface area (Å²) in [6.45, 7) is 2.69. The largest absolute Gasteiger partial charge is 0.497 e. The Morgan fingerprint density at radius 1 is 1.14 bits per heavy atom. The molecule has 1 aliphatic rings. The van der Waals surface area contributed by atoms with E-state index in [2.05, 4.69) is 15.1 Å². The molecule has 6 heteroatoms. The Morgan fingerprint density at radius 3 is 2.50 bits per heavy atom. The summed E-state index contributed by atoms with van der Waals surface area (Å²) in [4.78, 5) is 2.32. The van der Waals surface area contributed by atoms with Crippen LogP contribution in [0.25, 0.3) is 11.5 Å². The van der Waals surface area contributed by atoms with E-state index in [-0.39, 0.29) is 0 Å². The van der Waals surface area contributed by atoms with Crippen LogP contribution >= 0.6 is 0 Å². The Labute approximate surface area is 130 Å². The molecule has 1 fully saturated rings. The fourth-order valence-corrected chi connectivity index (χ4v) is 2.66. The first kappa shape index (κ1) is 15.0. The molecule has 118 valence electrons. The normalized spacial score (nSPS) is 16.8. The molecule has 2 heterocycles. The predicted octanol–water partition coefficient (Wildman–Crippen LogP) is 2.36. The summed E-state index contributed by atoms with van der Waals surface area (Å²) in [5, 5.41) is 8.28. The quantitative estimate of drug-likeness (QED) is 0.845. The molecule has 0 spiro atoms. The molecule has 1 saturated heterocycles. The molecule has 3 rings (SSSR count). The Kier molecular flexibility index (Phi) is 4.70. The summed E-state index contributed by atoms with van der Waals surface area (Å²) >= 11 is 0. The molecule has 1 aromatic heterocycles. The maximum Gasteiger partial charge on any atom is 0.247 e. The molecular formula is C16H21N3O3. The first-order valence-electron chi connectivity index (χ1n) is 7.50. The van der Waals surface area contributed by atoms with E-state index in [1.54, 1.807) is 14.2 Å². The molecule has 0 unspecified atom stereocenters. The van der Waals surface area contributed by atoms with Crippen LogP contribution in [0.4, 0.5) is 0 Å². The highest BCUT2D eigenvalue weighted by Gasteiger charge is 2.20. The zero-order valence-corrected chi connectivity index (χ0v) is 13.0. The fourth-order valence-electron chi connectivity index (χ4n) is 2.66. The third-order valence-corrected chi connectivity index (χ3v) is 4.03. The van der Waals surface area contributed by atoms with E-state index in [1.807, 2.05) is 24.3 Å². The molecule has 1 aliphatic heterocycles. The van der Waals surface area contributed by atoms with Crippen LogP contribution < -0.4 is 4.74 Å².